The van der Waals surface area contributed by atoms with Gasteiger partial charge in [0, 0.05) is 21.4 Å². The van der Waals surface area contributed by atoms with E-state index in [0.29, 0.717) is 5.69 Å². The van der Waals surface area contributed by atoms with Gasteiger partial charge in [0.15, 0.2) is 9.84 Å². The van der Waals surface area contributed by atoms with Crippen molar-refractivity contribution in [2.24, 2.45) is 0 Å². The van der Waals surface area contributed by atoms with Crippen LogP contribution in [0.25, 0.3) is 0 Å². The topological polar surface area (TPSA) is 59.1 Å². The second-order valence-electron chi connectivity index (χ2n) is 4.35. The molecule has 0 bridgehead atoms. The van der Waals surface area contributed by atoms with Crippen molar-refractivity contribution in [3.63, 3.8) is 0 Å². The third kappa shape index (κ3) is 4.24. The number of hydrogen-bond acceptors (Lipinski definition) is 4. The van der Waals surface area contributed by atoms with Gasteiger partial charge in [0.2, 0.25) is 0 Å². The Labute approximate surface area is 139 Å². The van der Waals surface area contributed by atoms with Crippen molar-refractivity contribution in [1.29, 1.82) is 0 Å². The van der Waals surface area contributed by atoms with Crippen LogP contribution in [0.1, 0.15) is 5.69 Å². The lowest BCUT2D eigenvalue weighted by atomic mass is 10.3. The van der Waals surface area contributed by atoms with Crippen molar-refractivity contribution < 1.29 is 12.8 Å². The molecule has 0 saturated carbocycles. The van der Waals surface area contributed by atoms with Gasteiger partial charge in [-0.3, -0.25) is 4.98 Å². The highest BCUT2D eigenvalue weighted by molar-refractivity contribution is 9.11. The first-order valence-corrected chi connectivity index (χ1v) is 9.28. The molecule has 2 aromatic rings. The Balaban J connectivity index is 2.23. The molecule has 0 aliphatic rings. The molecule has 0 atom stereocenters. The van der Waals surface area contributed by atoms with Crippen LogP contribution in [0.15, 0.2) is 44.3 Å². The molecule has 21 heavy (non-hydrogen) atoms. The number of nitrogens with one attached hydrogen (secondary N) is 1. The molecule has 1 N–H and O–H groups in total. The summed E-state index contributed by atoms with van der Waals surface area (Å²) in [6.07, 6.45) is 2.71. The molecule has 0 aliphatic carbocycles. The summed E-state index contributed by atoms with van der Waals surface area (Å²) >= 11 is 6.66. The normalized spacial score (nSPS) is 11.4. The van der Waals surface area contributed by atoms with E-state index in [0.717, 1.165) is 21.3 Å². The Morgan fingerprint density at radius 2 is 2.00 bits per heavy atom. The highest BCUT2D eigenvalue weighted by Gasteiger charge is 2.11. The molecule has 0 amide bonds. The van der Waals surface area contributed by atoms with Gasteiger partial charge in [0.1, 0.15) is 5.82 Å². The third-order valence-corrected chi connectivity index (χ3v) is 4.93. The lowest BCUT2D eigenvalue weighted by Gasteiger charge is -2.10. The summed E-state index contributed by atoms with van der Waals surface area (Å²) in [6, 6.07) is 5.47. The molecule has 0 spiro atoms. The fourth-order valence-corrected chi connectivity index (χ4v) is 3.40. The summed E-state index contributed by atoms with van der Waals surface area (Å²) in [5, 5.41) is 2.85. The molecule has 1 aromatic carbocycles. The number of benzene rings is 1. The van der Waals surface area contributed by atoms with Crippen LogP contribution in [0.4, 0.5) is 10.1 Å². The predicted molar refractivity (Wildman–Crippen MR) is 86.5 cm³/mol. The van der Waals surface area contributed by atoms with Crippen molar-refractivity contribution in [3.8, 4) is 0 Å². The third-order valence-electron chi connectivity index (χ3n) is 2.70. The molecule has 1 aromatic heterocycles. The predicted octanol–water partition coefficient (Wildman–Crippen LogP) is 3.76. The Kier molecular flexibility index (Phi) is 5.00. The summed E-state index contributed by atoms with van der Waals surface area (Å²) in [5.74, 6) is -0.518. The van der Waals surface area contributed by atoms with E-state index < -0.39 is 15.7 Å². The lowest BCUT2D eigenvalue weighted by molar-refractivity contribution is 0.600. The van der Waals surface area contributed by atoms with Gasteiger partial charge in [-0.05, 0) is 56.1 Å². The number of anilines is 1. The SMILES string of the molecule is CS(=O)(=O)c1ccc(F)c(NCc2ncc(Br)cc2Br)c1. The number of pyridine rings is 1. The van der Waals surface area contributed by atoms with Gasteiger partial charge in [0.25, 0.3) is 0 Å². The summed E-state index contributed by atoms with van der Waals surface area (Å²) in [7, 11) is -3.38. The highest BCUT2D eigenvalue weighted by atomic mass is 79.9. The van der Waals surface area contributed by atoms with Crippen molar-refractivity contribution >= 4 is 47.4 Å². The zero-order valence-corrected chi connectivity index (χ0v) is 14.9. The monoisotopic (exact) mass is 436 g/mol. The van der Waals surface area contributed by atoms with E-state index in [4.69, 9.17) is 0 Å². The number of sulfone groups is 1. The fraction of sp³-hybridized carbons (Fsp3) is 0.154. The minimum absolute atomic E-state index is 0.0641. The Bertz CT molecular complexity index is 782. The molecule has 2 rings (SSSR count). The van der Waals surface area contributed by atoms with E-state index in [1.807, 2.05) is 6.07 Å². The van der Waals surface area contributed by atoms with Gasteiger partial charge in [0.05, 0.1) is 22.8 Å². The first kappa shape index (κ1) is 16.4. The minimum atomic E-state index is -3.38. The van der Waals surface area contributed by atoms with E-state index in [1.165, 1.54) is 12.1 Å². The summed E-state index contributed by atoms with van der Waals surface area (Å²) in [4.78, 5) is 4.26. The van der Waals surface area contributed by atoms with Gasteiger partial charge in [-0.2, -0.15) is 0 Å². The number of nitrogens with zero attached hydrogens (tertiary/aromatic N) is 1. The Morgan fingerprint density at radius 1 is 1.29 bits per heavy atom. The lowest BCUT2D eigenvalue weighted by Crippen LogP contribution is -2.06. The van der Waals surface area contributed by atoms with Gasteiger partial charge < -0.3 is 5.32 Å². The van der Waals surface area contributed by atoms with Gasteiger partial charge in [-0.1, -0.05) is 0 Å². The van der Waals surface area contributed by atoms with Gasteiger partial charge in [-0.15, -0.1) is 0 Å². The van der Waals surface area contributed by atoms with E-state index in [1.54, 1.807) is 6.20 Å². The molecule has 0 fully saturated rings. The summed E-state index contributed by atoms with van der Waals surface area (Å²) in [6.45, 7) is 0.262. The van der Waals surface area contributed by atoms with E-state index in [-0.39, 0.29) is 17.1 Å². The fourth-order valence-electron chi connectivity index (χ4n) is 1.62. The van der Waals surface area contributed by atoms with Crippen molar-refractivity contribution in [1.82, 2.24) is 4.98 Å². The van der Waals surface area contributed by atoms with Crippen LogP contribution < -0.4 is 5.32 Å². The van der Waals surface area contributed by atoms with Crippen LogP contribution in [-0.4, -0.2) is 19.7 Å². The summed E-state index contributed by atoms with van der Waals surface area (Å²) in [5.41, 5.74) is 0.803. The van der Waals surface area contributed by atoms with Crippen LogP contribution in [0, 0.1) is 5.82 Å². The van der Waals surface area contributed by atoms with E-state index in [9.17, 15) is 12.8 Å². The van der Waals surface area contributed by atoms with Gasteiger partial charge >= 0.3 is 0 Å². The van der Waals surface area contributed by atoms with Crippen LogP contribution in [0.5, 0.6) is 0 Å². The zero-order valence-electron chi connectivity index (χ0n) is 10.9. The van der Waals surface area contributed by atoms with Gasteiger partial charge in [-0.25, -0.2) is 12.8 Å². The molecular weight excluding hydrogens is 427 g/mol. The smallest absolute Gasteiger partial charge is 0.175 e. The average Bonchev–Trinajstić information content (AvgIpc) is 2.38. The molecule has 4 nitrogen and oxygen atoms in total. The molecule has 0 aliphatic heterocycles. The molecule has 0 unspecified atom stereocenters. The molecule has 8 heteroatoms. The number of rotatable bonds is 4. The van der Waals surface area contributed by atoms with Crippen LogP contribution in [-0.2, 0) is 16.4 Å². The van der Waals surface area contributed by atoms with E-state index in [2.05, 4.69) is 42.2 Å². The van der Waals surface area contributed by atoms with Crippen LogP contribution in [0.3, 0.4) is 0 Å². The molecule has 112 valence electrons. The second-order valence-corrected chi connectivity index (χ2v) is 8.14. The maximum absolute atomic E-state index is 13.7. The van der Waals surface area contributed by atoms with Crippen molar-refractivity contribution in [2.75, 3.05) is 11.6 Å². The second kappa shape index (κ2) is 6.41. The number of aromatic nitrogens is 1. The largest absolute Gasteiger partial charge is 0.377 e. The highest BCUT2D eigenvalue weighted by Crippen LogP contribution is 2.23. The Hall–Kier alpha value is -0.990. The molecule has 1 heterocycles. The van der Waals surface area contributed by atoms with Crippen LogP contribution >= 0.6 is 31.9 Å². The summed E-state index contributed by atoms with van der Waals surface area (Å²) < 4.78 is 38.3. The number of hydrogen-bond donors (Lipinski definition) is 1. The average molecular weight is 438 g/mol. The first-order valence-electron chi connectivity index (χ1n) is 5.81. The quantitative estimate of drug-likeness (QED) is 0.739. The van der Waals surface area contributed by atoms with Crippen molar-refractivity contribution in [2.45, 2.75) is 11.4 Å². The van der Waals surface area contributed by atoms with Crippen molar-refractivity contribution in [3.05, 3.63) is 50.9 Å². The van der Waals surface area contributed by atoms with E-state index >= 15 is 0 Å². The minimum Gasteiger partial charge on any atom is -0.377 e. The maximum Gasteiger partial charge on any atom is 0.175 e. The molecule has 0 saturated heterocycles. The van der Waals surface area contributed by atoms with Crippen LogP contribution in [0.2, 0.25) is 0 Å². The number of halogens is 3. The molecule has 0 radical (unpaired) electrons. The standard InChI is InChI=1S/C13H11Br2FN2O2S/c1-21(19,20)9-2-3-11(16)12(5-9)18-7-13-10(15)4-8(14)6-17-13/h2-6,18H,7H2,1H3. The Morgan fingerprint density at radius 3 is 2.62 bits per heavy atom. The molecular formula is C13H11Br2FN2O2S. The zero-order chi connectivity index (χ0) is 15.6. The first-order chi connectivity index (χ1) is 9.77. The maximum atomic E-state index is 13.7.